The predicted molar refractivity (Wildman–Crippen MR) is 59.5 cm³/mol. The Kier molecular flexibility index (Phi) is 3.39. The molecule has 0 saturated carbocycles. The minimum atomic E-state index is 0.583. The smallest absolute Gasteiger partial charge is 0.0877 e. The van der Waals surface area contributed by atoms with Gasteiger partial charge in [0.15, 0.2) is 0 Å². The van der Waals surface area contributed by atoms with Gasteiger partial charge in [0, 0.05) is 4.47 Å². The van der Waals surface area contributed by atoms with Gasteiger partial charge in [-0.3, -0.25) is 0 Å². The molecule has 2 heteroatoms. The van der Waals surface area contributed by atoms with E-state index in [1.807, 2.05) is 0 Å². The molecule has 0 atom stereocenters. The van der Waals surface area contributed by atoms with E-state index in [-0.39, 0.29) is 0 Å². The fourth-order valence-electron chi connectivity index (χ4n) is 1.18. The minimum absolute atomic E-state index is 0.583. The van der Waals surface area contributed by atoms with Crippen LogP contribution in [0.25, 0.3) is 0 Å². The molecule has 0 bridgehead atoms. The summed E-state index contributed by atoms with van der Waals surface area (Å²) in [6, 6.07) is 6.47. The van der Waals surface area contributed by atoms with Gasteiger partial charge in [-0.15, -0.1) is 0 Å². The third kappa shape index (κ3) is 2.13. The highest BCUT2D eigenvalue weighted by Gasteiger charge is 2.04. The monoisotopic (exact) mass is 223 g/mol. The van der Waals surface area contributed by atoms with Gasteiger partial charge in [0.05, 0.1) is 0 Å². The van der Waals surface area contributed by atoms with Crippen LogP contribution < -0.4 is 5.46 Å². The van der Waals surface area contributed by atoms with E-state index in [0.29, 0.717) is 5.92 Å². The van der Waals surface area contributed by atoms with Crippen molar-refractivity contribution in [1.29, 1.82) is 0 Å². The fourth-order valence-corrected chi connectivity index (χ4v) is 1.89. The third-order valence-electron chi connectivity index (χ3n) is 1.98. The first-order valence-corrected chi connectivity index (χ1v) is 5.03. The lowest BCUT2D eigenvalue weighted by Crippen LogP contribution is -2.11. The molecule has 1 rings (SSSR count). The number of rotatable bonds is 2. The molecule has 0 amide bonds. The van der Waals surface area contributed by atoms with Crippen molar-refractivity contribution in [1.82, 2.24) is 0 Å². The van der Waals surface area contributed by atoms with Gasteiger partial charge < -0.3 is 0 Å². The second-order valence-corrected chi connectivity index (χ2v) is 4.08. The Hall–Kier alpha value is -0.235. The Morgan fingerprint density at radius 1 is 1.33 bits per heavy atom. The van der Waals surface area contributed by atoms with Gasteiger partial charge in [-0.2, -0.15) is 0 Å². The Balaban J connectivity index is 3.08. The highest BCUT2D eigenvalue weighted by Crippen LogP contribution is 2.22. The fraction of sp³-hybridized carbons (Fsp3) is 0.400. The van der Waals surface area contributed by atoms with Crippen molar-refractivity contribution in [2.75, 3.05) is 0 Å². The van der Waals surface area contributed by atoms with Crippen molar-refractivity contribution >= 4 is 28.7 Å². The summed E-state index contributed by atoms with van der Waals surface area (Å²) >= 11 is 3.55. The van der Waals surface area contributed by atoms with Crippen LogP contribution in [-0.4, -0.2) is 7.28 Å². The van der Waals surface area contributed by atoms with Crippen molar-refractivity contribution in [3.05, 3.63) is 28.2 Å². The first-order chi connectivity index (χ1) is 5.65. The molecule has 0 aliphatic heterocycles. The van der Waals surface area contributed by atoms with Crippen molar-refractivity contribution < 1.29 is 0 Å². The Labute approximate surface area is 83.7 Å². The summed E-state index contributed by atoms with van der Waals surface area (Å²) in [5.41, 5.74) is 2.67. The van der Waals surface area contributed by atoms with E-state index in [2.05, 4.69) is 62.1 Å². The normalized spacial score (nSPS) is 10.4. The van der Waals surface area contributed by atoms with Gasteiger partial charge in [-0.05, 0) is 17.5 Å². The van der Waals surface area contributed by atoms with Crippen molar-refractivity contribution in [2.45, 2.75) is 26.6 Å². The summed E-state index contributed by atoms with van der Waals surface area (Å²) < 4.78 is 1.21. The summed E-state index contributed by atoms with van der Waals surface area (Å²) in [5.74, 6) is 0.583. The zero-order chi connectivity index (χ0) is 9.14. The molecule has 0 heterocycles. The Bertz CT molecular complexity index is 269. The maximum atomic E-state index is 3.55. The molecule has 0 aliphatic carbocycles. The number of hydrogen-bond acceptors (Lipinski definition) is 0. The molecule has 1 radical (unpaired) electrons. The van der Waals surface area contributed by atoms with Crippen LogP contribution >= 0.6 is 15.9 Å². The van der Waals surface area contributed by atoms with Crippen LogP contribution in [0.4, 0.5) is 0 Å². The van der Waals surface area contributed by atoms with Gasteiger partial charge in [0.1, 0.15) is 7.28 Å². The lowest BCUT2D eigenvalue weighted by Gasteiger charge is -2.09. The summed E-state index contributed by atoms with van der Waals surface area (Å²) in [5, 5.41) is 0. The second-order valence-electron chi connectivity index (χ2n) is 3.22. The summed E-state index contributed by atoms with van der Waals surface area (Å²) in [6.07, 6.45) is 0. The van der Waals surface area contributed by atoms with Crippen molar-refractivity contribution in [3.63, 3.8) is 0 Å². The van der Waals surface area contributed by atoms with Crippen LogP contribution in [0.15, 0.2) is 22.7 Å². The molecule has 1 aromatic rings. The zero-order valence-electron chi connectivity index (χ0n) is 7.76. The SMILES string of the molecule is C[B]c1ccc(Br)c(C(C)C)c1. The lowest BCUT2D eigenvalue weighted by molar-refractivity contribution is 0.862. The van der Waals surface area contributed by atoms with Crippen LogP contribution in [-0.2, 0) is 0 Å². The molecule has 0 saturated heterocycles. The van der Waals surface area contributed by atoms with E-state index < -0.39 is 0 Å². The molecule has 0 fully saturated rings. The molecule has 0 nitrogen and oxygen atoms in total. The lowest BCUT2D eigenvalue weighted by atomic mass is 9.72. The second kappa shape index (κ2) is 4.13. The molecule has 63 valence electrons. The molecule has 1 aromatic carbocycles. The Morgan fingerprint density at radius 2 is 2.00 bits per heavy atom. The number of benzene rings is 1. The average molecular weight is 224 g/mol. The van der Waals surface area contributed by atoms with E-state index in [4.69, 9.17) is 0 Å². The zero-order valence-corrected chi connectivity index (χ0v) is 9.35. The van der Waals surface area contributed by atoms with Gasteiger partial charge in [-0.1, -0.05) is 54.2 Å². The van der Waals surface area contributed by atoms with Gasteiger partial charge in [-0.25, -0.2) is 0 Å². The van der Waals surface area contributed by atoms with Gasteiger partial charge >= 0.3 is 0 Å². The molecule has 0 spiro atoms. The van der Waals surface area contributed by atoms with Crippen LogP contribution in [0.3, 0.4) is 0 Å². The van der Waals surface area contributed by atoms with E-state index in [1.54, 1.807) is 0 Å². The summed E-state index contributed by atoms with van der Waals surface area (Å²) in [6.45, 7) is 6.48. The van der Waals surface area contributed by atoms with E-state index in [9.17, 15) is 0 Å². The molecule has 0 unspecified atom stereocenters. The third-order valence-corrected chi connectivity index (χ3v) is 2.70. The standard InChI is InChI=1S/C10H13BBr/c1-7(2)9-6-8(11-3)4-5-10(9)12/h4-7H,1-3H3. The van der Waals surface area contributed by atoms with Crippen LogP contribution in [0.2, 0.25) is 6.82 Å². The highest BCUT2D eigenvalue weighted by molar-refractivity contribution is 9.10. The maximum absolute atomic E-state index is 3.55. The Morgan fingerprint density at radius 3 is 2.50 bits per heavy atom. The van der Waals surface area contributed by atoms with E-state index in [1.165, 1.54) is 15.5 Å². The number of halogens is 1. The molecular formula is C10H13BBr. The van der Waals surface area contributed by atoms with E-state index in [0.717, 1.165) is 0 Å². The maximum Gasteiger partial charge on any atom is 0.148 e. The van der Waals surface area contributed by atoms with Crippen LogP contribution in [0.1, 0.15) is 25.3 Å². The van der Waals surface area contributed by atoms with Gasteiger partial charge in [0.2, 0.25) is 0 Å². The van der Waals surface area contributed by atoms with Gasteiger partial charge in [0.25, 0.3) is 0 Å². The summed E-state index contributed by atoms with van der Waals surface area (Å²) in [4.78, 5) is 0. The van der Waals surface area contributed by atoms with Crippen LogP contribution in [0, 0.1) is 0 Å². The molecule has 12 heavy (non-hydrogen) atoms. The average Bonchev–Trinajstić information content (AvgIpc) is 2.05. The van der Waals surface area contributed by atoms with Crippen LogP contribution in [0.5, 0.6) is 0 Å². The first kappa shape index (κ1) is 9.85. The number of hydrogen-bond donors (Lipinski definition) is 0. The molecular weight excluding hydrogens is 211 g/mol. The summed E-state index contributed by atoms with van der Waals surface area (Å²) in [7, 11) is 2.12. The minimum Gasteiger partial charge on any atom is -0.0877 e. The molecule has 0 aromatic heterocycles. The largest absolute Gasteiger partial charge is 0.148 e. The molecule has 0 N–H and O–H groups in total. The topological polar surface area (TPSA) is 0 Å². The quantitative estimate of drug-likeness (QED) is 0.677. The van der Waals surface area contributed by atoms with Crippen molar-refractivity contribution in [3.8, 4) is 0 Å². The van der Waals surface area contributed by atoms with Crippen molar-refractivity contribution in [2.24, 2.45) is 0 Å². The molecule has 0 aliphatic rings. The van der Waals surface area contributed by atoms with E-state index >= 15 is 0 Å². The first-order valence-electron chi connectivity index (χ1n) is 4.24. The predicted octanol–water partition coefficient (Wildman–Crippen LogP) is 2.95. The highest BCUT2D eigenvalue weighted by atomic mass is 79.9.